The van der Waals surface area contributed by atoms with Crippen molar-refractivity contribution in [3.63, 3.8) is 0 Å². The molecule has 4 heteroatoms. The van der Waals surface area contributed by atoms with E-state index >= 15 is 0 Å². The summed E-state index contributed by atoms with van der Waals surface area (Å²) in [5, 5.41) is 0. The number of hydrogen-bond donors (Lipinski definition) is 0. The largest absolute Gasteiger partial charge is 0.501 e. The van der Waals surface area contributed by atoms with Crippen LogP contribution in [-0.4, -0.2) is 7.11 Å². The van der Waals surface area contributed by atoms with Gasteiger partial charge in [-0.05, 0) is 92.9 Å². The molecule has 0 heterocycles. The molecule has 26 heavy (non-hydrogen) atoms. The Morgan fingerprint density at radius 1 is 0.962 bits per heavy atom. The van der Waals surface area contributed by atoms with Gasteiger partial charge >= 0.3 is 0 Å². The third-order valence-corrected chi connectivity index (χ3v) is 6.20. The molecule has 2 saturated carbocycles. The van der Waals surface area contributed by atoms with Gasteiger partial charge in [0.05, 0.1) is 12.9 Å². The van der Waals surface area contributed by atoms with Gasteiger partial charge in [-0.15, -0.1) is 0 Å². The zero-order chi connectivity index (χ0) is 18.5. The molecular weight excluding hydrogens is 337 g/mol. The summed E-state index contributed by atoms with van der Waals surface area (Å²) in [4.78, 5) is 0. The van der Waals surface area contributed by atoms with Crippen LogP contribution in [0.4, 0.5) is 13.2 Å². The van der Waals surface area contributed by atoms with E-state index in [0.29, 0.717) is 11.5 Å². The molecule has 0 unspecified atom stereocenters. The highest BCUT2D eigenvalue weighted by atomic mass is 19.2. The Bertz CT molecular complexity index is 614. The zero-order valence-corrected chi connectivity index (χ0v) is 15.6. The standard InChI is InChI=1S/C22H29F3O/c1-26-21(17-5-3-2-4-6-17)12-9-15-7-10-16(11-8-15)18-13-19(23)22(25)20(24)14-18/h13-16H,2-12H2,1H3/t15-,16-. The Labute approximate surface area is 154 Å². The van der Waals surface area contributed by atoms with Crippen molar-refractivity contribution < 1.29 is 17.9 Å². The van der Waals surface area contributed by atoms with Gasteiger partial charge in [-0.2, -0.15) is 0 Å². The molecular formula is C22H29F3O. The molecule has 0 aliphatic heterocycles. The lowest BCUT2D eigenvalue weighted by atomic mass is 9.77. The molecule has 0 spiro atoms. The van der Waals surface area contributed by atoms with Crippen molar-refractivity contribution in [2.75, 3.05) is 7.11 Å². The number of ether oxygens (including phenoxy) is 1. The highest BCUT2D eigenvalue weighted by molar-refractivity contribution is 5.23. The normalized spacial score (nSPS) is 23.8. The van der Waals surface area contributed by atoms with E-state index in [0.717, 1.165) is 38.5 Å². The minimum absolute atomic E-state index is 0.134. The highest BCUT2D eigenvalue weighted by Crippen LogP contribution is 2.39. The van der Waals surface area contributed by atoms with Gasteiger partial charge in [0.25, 0.3) is 0 Å². The molecule has 0 bridgehead atoms. The maximum absolute atomic E-state index is 13.5. The van der Waals surface area contributed by atoms with Gasteiger partial charge < -0.3 is 4.74 Å². The number of allylic oxidation sites excluding steroid dienone is 2. The van der Waals surface area contributed by atoms with Crippen LogP contribution < -0.4 is 0 Å². The fourth-order valence-electron chi connectivity index (χ4n) is 4.61. The Hall–Kier alpha value is -1.45. The minimum Gasteiger partial charge on any atom is -0.501 e. The van der Waals surface area contributed by atoms with E-state index in [4.69, 9.17) is 4.74 Å². The summed E-state index contributed by atoms with van der Waals surface area (Å²) in [6, 6.07) is 2.33. The molecule has 2 aliphatic rings. The van der Waals surface area contributed by atoms with E-state index in [2.05, 4.69) is 0 Å². The minimum atomic E-state index is -1.37. The van der Waals surface area contributed by atoms with Crippen LogP contribution in [0, 0.1) is 23.4 Å². The number of hydrogen-bond acceptors (Lipinski definition) is 1. The SMILES string of the molecule is COC(CC[C@H]1CC[C@H](c2cc(F)c(F)c(F)c2)CC1)=C1CCCCC1. The van der Waals surface area contributed by atoms with E-state index in [1.54, 1.807) is 7.11 Å². The van der Waals surface area contributed by atoms with Gasteiger partial charge in [-0.25, -0.2) is 13.2 Å². The van der Waals surface area contributed by atoms with Crippen LogP contribution in [0.5, 0.6) is 0 Å². The average Bonchev–Trinajstić information content (AvgIpc) is 2.67. The van der Waals surface area contributed by atoms with E-state index in [1.165, 1.54) is 55.6 Å². The third kappa shape index (κ3) is 4.63. The first-order valence-corrected chi connectivity index (χ1v) is 9.97. The van der Waals surface area contributed by atoms with Gasteiger partial charge in [0.2, 0.25) is 0 Å². The first-order valence-electron chi connectivity index (χ1n) is 9.97. The Morgan fingerprint density at radius 2 is 1.58 bits per heavy atom. The Morgan fingerprint density at radius 3 is 2.15 bits per heavy atom. The lowest BCUT2D eigenvalue weighted by Crippen LogP contribution is -2.14. The van der Waals surface area contributed by atoms with Gasteiger partial charge in [0.15, 0.2) is 17.5 Å². The molecule has 144 valence electrons. The van der Waals surface area contributed by atoms with E-state index in [-0.39, 0.29) is 5.92 Å². The maximum Gasteiger partial charge on any atom is 0.194 e. The summed E-state index contributed by atoms with van der Waals surface area (Å²) < 4.78 is 45.7. The molecule has 1 aromatic rings. The summed E-state index contributed by atoms with van der Waals surface area (Å²) >= 11 is 0. The smallest absolute Gasteiger partial charge is 0.194 e. The lowest BCUT2D eigenvalue weighted by molar-refractivity contribution is 0.243. The van der Waals surface area contributed by atoms with Crippen molar-refractivity contribution in [2.24, 2.45) is 5.92 Å². The Kier molecular flexibility index (Phi) is 6.66. The molecule has 0 atom stereocenters. The van der Waals surface area contributed by atoms with E-state index < -0.39 is 17.5 Å². The summed E-state index contributed by atoms with van der Waals surface area (Å²) in [5.41, 5.74) is 2.10. The predicted molar refractivity (Wildman–Crippen MR) is 97.4 cm³/mol. The maximum atomic E-state index is 13.5. The second kappa shape index (κ2) is 8.96. The van der Waals surface area contributed by atoms with Crippen LogP contribution in [0.1, 0.15) is 82.1 Å². The van der Waals surface area contributed by atoms with Gasteiger partial charge in [0, 0.05) is 6.42 Å². The fraction of sp³-hybridized carbons (Fsp3) is 0.636. The van der Waals surface area contributed by atoms with Gasteiger partial charge in [-0.1, -0.05) is 6.42 Å². The van der Waals surface area contributed by atoms with Crippen LogP contribution in [0.2, 0.25) is 0 Å². The lowest BCUT2D eigenvalue weighted by Gasteiger charge is -2.29. The van der Waals surface area contributed by atoms with Gasteiger partial charge in [0.1, 0.15) is 0 Å². The molecule has 0 radical (unpaired) electrons. The van der Waals surface area contributed by atoms with Crippen LogP contribution in [0.25, 0.3) is 0 Å². The van der Waals surface area contributed by atoms with E-state index in [9.17, 15) is 13.2 Å². The van der Waals surface area contributed by atoms with Crippen LogP contribution in [0.3, 0.4) is 0 Å². The van der Waals surface area contributed by atoms with Crippen LogP contribution in [-0.2, 0) is 4.74 Å². The van der Waals surface area contributed by atoms with Crippen molar-refractivity contribution >= 4 is 0 Å². The van der Waals surface area contributed by atoms with Crippen LogP contribution >= 0.6 is 0 Å². The van der Waals surface area contributed by atoms with Crippen molar-refractivity contribution in [1.29, 1.82) is 0 Å². The van der Waals surface area contributed by atoms with Crippen molar-refractivity contribution in [1.82, 2.24) is 0 Å². The Balaban J connectivity index is 1.52. The first-order chi connectivity index (χ1) is 12.6. The average molecular weight is 366 g/mol. The summed E-state index contributed by atoms with van der Waals surface area (Å²) in [6.07, 6.45) is 12.3. The number of rotatable bonds is 5. The van der Waals surface area contributed by atoms with Crippen molar-refractivity contribution in [3.8, 4) is 0 Å². The molecule has 2 fully saturated rings. The fourth-order valence-corrected chi connectivity index (χ4v) is 4.61. The summed E-state index contributed by atoms with van der Waals surface area (Å²) in [7, 11) is 1.78. The second-order valence-electron chi connectivity index (χ2n) is 7.85. The van der Waals surface area contributed by atoms with Crippen LogP contribution in [0.15, 0.2) is 23.5 Å². The monoisotopic (exact) mass is 366 g/mol. The summed E-state index contributed by atoms with van der Waals surface area (Å²) in [6.45, 7) is 0. The molecule has 1 nitrogen and oxygen atoms in total. The number of methoxy groups -OCH3 is 1. The molecule has 1 aromatic carbocycles. The first kappa shape index (κ1) is 19.3. The summed E-state index contributed by atoms with van der Waals surface area (Å²) in [5.74, 6) is -1.57. The zero-order valence-electron chi connectivity index (χ0n) is 15.6. The quantitative estimate of drug-likeness (QED) is 0.402. The third-order valence-electron chi connectivity index (χ3n) is 6.20. The van der Waals surface area contributed by atoms with E-state index in [1.807, 2.05) is 0 Å². The topological polar surface area (TPSA) is 9.23 Å². The number of benzene rings is 1. The van der Waals surface area contributed by atoms with Crippen molar-refractivity contribution in [2.45, 2.75) is 76.5 Å². The molecule has 2 aliphatic carbocycles. The second-order valence-corrected chi connectivity index (χ2v) is 7.85. The molecule has 0 amide bonds. The van der Waals surface area contributed by atoms with Crippen molar-refractivity contribution in [3.05, 3.63) is 46.5 Å². The van der Waals surface area contributed by atoms with Gasteiger partial charge in [-0.3, -0.25) is 0 Å². The predicted octanol–water partition coefficient (Wildman–Crippen LogP) is 7.02. The molecule has 0 saturated heterocycles. The molecule has 3 rings (SSSR count). The molecule has 0 aromatic heterocycles. The highest BCUT2D eigenvalue weighted by Gasteiger charge is 2.25. The molecule has 0 N–H and O–H groups in total. The number of halogens is 3.